The van der Waals surface area contributed by atoms with Crippen molar-refractivity contribution in [3.63, 3.8) is 0 Å². The summed E-state index contributed by atoms with van der Waals surface area (Å²) in [5.41, 5.74) is 12.8. The van der Waals surface area contributed by atoms with Gasteiger partial charge in [-0.1, -0.05) is 92.1 Å². The number of aliphatic carboxylic acids is 2. The van der Waals surface area contributed by atoms with E-state index in [1.54, 1.807) is 67.8 Å². The highest BCUT2D eigenvalue weighted by atomic mass is 33.1. The van der Waals surface area contributed by atoms with Gasteiger partial charge < -0.3 is 111 Å². The van der Waals surface area contributed by atoms with E-state index in [0.29, 0.717) is 33.8 Å². The molecule has 113 heavy (non-hydrogen) atoms. The second-order valence-corrected chi connectivity index (χ2v) is 30.8. The molecule has 0 bridgehead atoms. The number of guanidine groups is 1. The van der Waals surface area contributed by atoms with Crippen molar-refractivity contribution in [3.8, 4) is 0 Å². The molecule has 14 atom stereocenters. The number of carboxylic acids is 2. The zero-order valence-corrected chi connectivity index (χ0v) is 65.4. The number of para-hydroxylation sites is 1. The van der Waals surface area contributed by atoms with Crippen molar-refractivity contribution in [3.05, 3.63) is 89.5 Å². The fourth-order valence-electron chi connectivity index (χ4n) is 11.7. The molecule has 614 valence electrons. The van der Waals surface area contributed by atoms with Gasteiger partial charge in [0, 0.05) is 78.7 Å². The topological polar surface area (TPSA) is 623 Å². The number of rotatable bonds is 25. The summed E-state index contributed by atoms with van der Waals surface area (Å²) in [6.45, 7) is 8.98. The van der Waals surface area contributed by atoms with E-state index in [-0.39, 0.29) is 44.3 Å². The van der Waals surface area contributed by atoms with Crippen LogP contribution in [0.1, 0.15) is 104 Å². The summed E-state index contributed by atoms with van der Waals surface area (Å²) in [5, 5.41) is 76.4. The number of imidazole rings is 1. The number of hydrogen-bond donors (Lipinski definition) is 22. The van der Waals surface area contributed by atoms with Gasteiger partial charge in [0.05, 0.1) is 31.1 Å². The number of aliphatic hydroxyl groups is 1. The number of hydrogen-bond acceptors (Lipinski definition) is 22. The van der Waals surface area contributed by atoms with Crippen molar-refractivity contribution in [2.45, 2.75) is 185 Å². The molecular formula is C71H98N20O19S3. The molecule has 0 spiro atoms. The highest BCUT2D eigenvalue weighted by Crippen LogP contribution is 2.28. The predicted octanol–water partition coefficient (Wildman–Crippen LogP) is -3.33. The molecule has 2 aromatic carbocycles. The molecule has 4 heterocycles. The minimum absolute atomic E-state index is 0.0188. The van der Waals surface area contributed by atoms with Crippen LogP contribution in [0, 0.1) is 17.2 Å². The molecule has 14 amide bonds. The smallest absolute Gasteiger partial charge is 0.328 e. The zero-order chi connectivity index (χ0) is 83.3. The van der Waals surface area contributed by atoms with Gasteiger partial charge in [0.25, 0.3) is 0 Å². The maximum atomic E-state index is 15.1. The Morgan fingerprint density at radius 1 is 0.646 bits per heavy atom. The average Bonchev–Trinajstić information content (AvgIpc) is 1.73. The summed E-state index contributed by atoms with van der Waals surface area (Å²) in [7, 11) is 1.59. The van der Waals surface area contributed by atoms with E-state index >= 15 is 14.4 Å². The largest absolute Gasteiger partial charge is 0.481 e. The number of amides is 14. The van der Waals surface area contributed by atoms with Gasteiger partial charge in [0.15, 0.2) is 12.0 Å². The number of carbonyl (C=O) groups excluding carboxylic acids is 14. The Labute approximate surface area is 660 Å². The van der Waals surface area contributed by atoms with E-state index in [9.17, 15) is 77.6 Å². The number of thiophene rings is 1. The van der Waals surface area contributed by atoms with Crippen molar-refractivity contribution in [1.29, 1.82) is 5.41 Å². The second-order valence-electron chi connectivity index (χ2n) is 27.3. The molecule has 1 fully saturated rings. The number of aromatic nitrogens is 3. The first-order valence-electron chi connectivity index (χ1n) is 36.1. The highest BCUT2D eigenvalue weighted by Gasteiger charge is 2.39. The SMILES string of the molecule is CC[C@H](C)[C@H](NC(C)=O)C(=O)N[C@H]1CSSC[C@@H](C(=O)N[C@H](C(=O)O)[C@@H](C)O)NC(=O)[C@H](CCCNC(=N)N)NC(=O)[C@H](Cc2c[nH]cn2)NC(=O)[C@H](C)NC(=O)CNC(=O)[C@H](Cc2c[nH]c3ccccc23)NC(=O)[C@H](CC(=O)O)NC(=O)[C@H](CCC(N)=O)NC(=O)[C@H](Cc2csc3ccccc23)NC(=O)[C@H](C(C)C)NC1=O. The number of primary amides is 1. The Hall–Kier alpha value is -11.4. The number of benzene rings is 2. The molecule has 0 saturated carbocycles. The third-order valence-corrected chi connectivity index (χ3v) is 21.5. The van der Waals surface area contributed by atoms with Gasteiger partial charge in [-0.25, -0.2) is 9.78 Å². The van der Waals surface area contributed by atoms with E-state index in [0.717, 1.165) is 33.2 Å². The Kier molecular flexibility index (Phi) is 35.2. The van der Waals surface area contributed by atoms with Gasteiger partial charge in [-0.15, -0.1) is 11.3 Å². The lowest BCUT2D eigenvalue weighted by Gasteiger charge is -2.29. The number of aliphatic hydroxyl groups excluding tert-OH is 1. The van der Waals surface area contributed by atoms with E-state index in [2.05, 4.69) is 89.4 Å². The minimum atomic E-state index is -2.06. The summed E-state index contributed by atoms with van der Waals surface area (Å²) in [5.74, 6) is -20.6. The lowest BCUT2D eigenvalue weighted by molar-refractivity contribution is -0.145. The Morgan fingerprint density at radius 2 is 1.23 bits per heavy atom. The molecule has 6 rings (SSSR count). The number of fused-ring (bicyclic) bond motifs is 2. The first kappa shape index (κ1) is 90.5. The van der Waals surface area contributed by atoms with Crippen LogP contribution in [0.2, 0.25) is 0 Å². The Morgan fingerprint density at radius 3 is 1.86 bits per heavy atom. The predicted molar refractivity (Wildman–Crippen MR) is 416 cm³/mol. The second kappa shape index (κ2) is 44.0. The number of aromatic amines is 2. The molecule has 1 aliphatic rings. The third-order valence-electron chi connectivity index (χ3n) is 18.1. The summed E-state index contributed by atoms with van der Waals surface area (Å²) in [6.07, 6.45) is -0.860. The fourth-order valence-corrected chi connectivity index (χ4v) is 15.0. The Bertz CT molecular complexity index is 4250. The van der Waals surface area contributed by atoms with Crippen molar-refractivity contribution in [1.82, 2.24) is 89.4 Å². The molecule has 5 aromatic rings. The quantitative estimate of drug-likeness (QED) is 0.0118. The van der Waals surface area contributed by atoms with E-state index in [1.807, 2.05) is 0 Å². The van der Waals surface area contributed by atoms with Crippen LogP contribution in [-0.4, -0.2) is 234 Å². The summed E-state index contributed by atoms with van der Waals surface area (Å²) in [4.78, 5) is 235. The lowest BCUT2D eigenvalue weighted by Crippen LogP contribution is -2.61. The van der Waals surface area contributed by atoms with Crippen LogP contribution >= 0.6 is 32.9 Å². The van der Waals surface area contributed by atoms with Crippen LogP contribution in [0.25, 0.3) is 21.0 Å². The average molecular weight is 1630 g/mol. The Balaban J connectivity index is 1.47. The molecule has 0 aliphatic carbocycles. The molecule has 1 aliphatic heterocycles. The minimum Gasteiger partial charge on any atom is -0.481 e. The number of nitrogens with two attached hydrogens (primary N) is 2. The van der Waals surface area contributed by atoms with Gasteiger partial charge in [-0.05, 0) is 79.0 Å². The molecular weight excluding hydrogens is 1530 g/mol. The number of nitrogens with zero attached hydrogens (tertiary/aromatic N) is 1. The van der Waals surface area contributed by atoms with E-state index in [4.69, 9.17) is 16.9 Å². The maximum Gasteiger partial charge on any atom is 0.328 e. The van der Waals surface area contributed by atoms with Crippen LogP contribution in [0.15, 0.2) is 72.6 Å². The normalized spacial score (nSPS) is 22.7. The third kappa shape index (κ3) is 28.4. The standard InChI is InChI=1S/C71H98N20O19S3/c1-8-34(4)57(81-37(7)93)69(108)89-51-31-113-112-30-50(67(106)91-58(36(6)92)70(109)110)88-61(100)44(17-13-21-76-71(73)74)82-64(103)48(24-40-27-75-32-79-40)84-59(98)35(5)80-54(95)28-78-60(99)46(22-38-26-77-43-16-11-9-14-41(38)43)85-65(104)49(25-55(96)97)86-62(101)45(19-20-53(72)94)83-63(102)47(87-68(107)56(33(2)3)90-66(51)105)23-39-29-111-52-18-12-10-15-42(39)52/h9-12,14-16,18,26-27,29,32-36,44-51,56-58,77,92H,8,13,17,19-25,28,30-31H2,1-7H3,(H2,72,94)(H,75,79)(H,78,99)(H,80,95)(H,81,93)(H,82,103)(H,83,102)(H,84,98)(H,85,104)(H,86,101)(H,87,107)(H,88,100)(H,89,108)(H,90,105)(H,91,106)(H,96,97)(H,109,110)(H4,73,74,76)/t34-,35-,36+,44-,45-,46-,47-,48-,49-,50-,51-,56-,57-,58-/m0/s1. The van der Waals surface area contributed by atoms with Crippen molar-refractivity contribution in [2.75, 3.05) is 24.6 Å². The van der Waals surface area contributed by atoms with Gasteiger partial charge in [0.2, 0.25) is 82.7 Å². The summed E-state index contributed by atoms with van der Waals surface area (Å²) in [6, 6.07) is -6.40. The first-order chi connectivity index (χ1) is 53.5. The molecule has 24 N–H and O–H groups in total. The van der Waals surface area contributed by atoms with Crippen molar-refractivity contribution < 1.29 is 92.0 Å². The molecule has 42 heteroatoms. The van der Waals surface area contributed by atoms with E-state index < -0.39 is 228 Å². The van der Waals surface area contributed by atoms with Gasteiger partial charge >= 0.3 is 11.9 Å². The summed E-state index contributed by atoms with van der Waals surface area (Å²) >= 11 is 1.29. The van der Waals surface area contributed by atoms with Gasteiger partial charge in [-0.2, -0.15) is 0 Å². The monoisotopic (exact) mass is 1630 g/mol. The maximum absolute atomic E-state index is 15.1. The van der Waals surface area contributed by atoms with Crippen LogP contribution < -0.4 is 85.9 Å². The van der Waals surface area contributed by atoms with Crippen LogP contribution in [0.3, 0.4) is 0 Å². The number of carbonyl (C=O) groups is 16. The lowest BCUT2D eigenvalue weighted by atomic mass is 9.97. The molecule has 0 unspecified atom stereocenters. The number of nitrogens with one attached hydrogen (secondary N) is 17. The zero-order valence-electron chi connectivity index (χ0n) is 63.0. The molecule has 0 radical (unpaired) electrons. The molecule has 1 saturated heterocycles. The number of H-pyrrole nitrogens is 2. The van der Waals surface area contributed by atoms with Crippen LogP contribution in [-0.2, 0) is 96.0 Å². The molecule has 39 nitrogen and oxygen atoms in total. The summed E-state index contributed by atoms with van der Waals surface area (Å²) < 4.78 is 0.760. The van der Waals surface area contributed by atoms with Gasteiger partial charge in [0.1, 0.15) is 66.5 Å². The number of carboxylic acid groups (broad SMARTS) is 2. The van der Waals surface area contributed by atoms with E-state index in [1.165, 1.54) is 57.8 Å². The highest BCUT2D eigenvalue weighted by molar-refractivity contribution is 8.76. The van der Waals surface area contributed by atoms with Crippen LogP contribution in [0.5, 0.6) is 0 Å². The fraction of sp³-hybridized carbons (Fsp3) is 0.493. The van der Waals surface area contributed by atoms with Crippen molar-refractivity contribution in [2.24, 2.45) is 23.3 Å². The first-order valence-corrected chi connectivity index (χ1v) is 39.5. The molecule has 3 aromatic heterocycles. The van der Waals surface area contributed by atoms with Crippen molar-refractivity contribution >= 4 is 155 Å². The van der Waals surface area contributed by atoms with Crippen LogP contribution in [0.4, 0.5) is 0 Å². The van der Waals surface area contributed by atoms with Gasteiger partial charge in [-0.3, -0.25) is 77.3 Å².